The van der Waals surface area contributed by atoms with Crippen LogP contribution >= 0.6 is 0 Å². The number of anilines is 1. The fourth-order valence-corrected chi connectivity index (χ4v) is 1.66. The van der Waals surface area contributed by atoms with Crippen molar-refractivity contribution in [2.45, 2.75) is 18.9 Å². The highest BCUT2D eigenvalue weighted by molar-refractivity contribution is 5.29. The summed E-state index contributed by atoms with van der Waals surface area (Å²) in [7, 11) is 0. The molecule has 1 aromatic rings. The number of rotatable bonds is 2. The molecule has 0 saturated carbocycles. The Labute approximate surface area is 87.0 Å². The van der Waals surface area contributed by atoms with Gasteiger partial charge in [0.15, 0.2) is 5.82 Å². The van der Waals surface area contributed by atoms with Crippen LogP contribution in [0.1, 0.15) is 12.8 Å². The maximum absolute atomic E-state index is 12.6. The molecule has 0 atom stereocenters. The molecule has 0 amide bonds. The minimum absolute atomic E-state index is 0.113. The minimum atomic E-state index is -0.418. The Kier molecular flexibility index (Phi) is 3.08. The summed E-state index contributed by atoms with van der Waals surface area (Å²) in [5, 5.41) is 0. The first kappa shape index (κ1) is 10.3. The van der Waals surface area contributed by atoms with Crippen LogP contribution in [0.4, 0.5) is 10.3 Å². The lowest BCUT2D eigenvalue weighted by atomic mass is 10.1. The van der Waals surface area contributed by atoms with Crippen molar-refractivity contribution >= 4 is 5.95 Å². The van der Waals surface area contributed by atoms with Crippen LogP contribution in [0.15, 0.2) is 12.4 Å². The molecule has 0 aliphatic carbocycles. The number of piperidine rings is 1. The predicted octanol–water partition coefficient (Wildman–Crippen LogP) is 0.475. The van der Waals surface area contributed by atoms with Crippen molar-refractivity contribution in [1.82, 2.24) is 9.97 Å². The van der Waals surface area contributed by atoms with Gasteiger partial charge in [0.2, 0.25) is 5.95 Å². The van der Waals surface area contributed by atoms with Gasteiger partial charge in [-0.1, -0.05) is 0 Å². The van der Waals surface area contributed by atoms with Gasteiger partial charge in [0.1, 0.15) is 0 Å². The molecule has 1 aliphatic heterocycles. The van der Waals surface area contributed by atoms with Gasteiger partial charge in [-0.2, -0.15) is 0 Å². The lowest BCUT2D eigenvalue weighted by Gasteiger charge is -2.30. The Morgan fingerprint density at radius 2 is 1.93 bits per heavy atom. The van der Waals surface area contributed by atoms with E-state index in [1.807, 2.05) is 4.90 Å². The number of nitrogens with zero attached hydrogens (tertiary/aromatic N) is 3. The monoisotopic (exact) mass is 212 g/mol. The van der Waals surface area contributed by atoms with E-state index in [9.17, 15) is 4.39 Å². The molecule has 82 valence electrons. The van der Waals surface area contributed by atoms with E-state index in [4.69, 9.17) is 10.7 Å². The van der Waals surface area contributed by atoms with Crippen LogP contribution in [0.2, 0.25) is 0 Å². The second-order valence-corrected chi connectivity index (χ2v) is 3.52. The number of nitrogens with two attached hydrogens (primary N) is 1. The van der Waals surface area contributed by atoms with Crippen molar-refractivity contribution in [3.05, 3.63) is 18.2 Å². The van der Waals surface area contributed by atoms with E-state index in [0.29, 0.717) is 5.95 Å². The highest BCUT2D eigenvalue weighted by Crippen LogP contribution is 2.16. The van der Waals surface area contributed by atoms with Crippen molar-refractivity contribution in [3.8, 4) is 0 Å². The average molecular weight is 212 g/mol. The van der Waals surface area contributed by atoms with Crippen LogP contribution in [0.5, 0.6) is 0 Å². The van der Waals surface area contributed by atoms with Gasteiger partial charge in [0.25, 0.3) is 0 Å². The number of aromatic nitrogens is 2. The fourth-order valence-electron chi connectivity index (χ4n) is 1.66. The summed E-state index contributed by atoms with van der Waals surface area (Å²) in [5.74, 6) is 5.25. The van der Waals surface area contributed by atoms with Crippen LogP contribution in [-0.2, 0) is 4.84 Å². The van der Waals surface area contributed by atoms with Gasteiger partial charge >= 0.3 is 0 Å². The van der Waals surface area contributed by atoms with Crippen LogP contribution in [0, 0.1) is 5.82 Å². The quantitative estimate of drug-likeness (QED) is 0.722. The molecule has 2 heterocycles. The summed E-state index contributed by atoms with van der Waals surface area (Å²) in [6.45, 7) is 1.57. The number of halogens is 1. The van der Waals surface area contributed by atoms with Crippen LogP contribution in [-0.4, -0.2) is 29.2 Å². The summed E-state index contributed by atoms with van der Waals surface area (Å²) in [6, 6.07) is 0. The molecule has 1 saturated heterocycles. The highest BCUT2D eigenvalue weighted by Gasteiger charge is 2.20. The zero-order valence-electron chi connectivity index (χ0n) is 8.27. The second kappa shape index (κ2) is 4.50. The lowest BCUT2D eigenvalue weighted by molar-refractivity contribution is 0.0366. The molecule has 2 N–H and O–H groups in total. The second-order valence-electron chi connectivity index (χ2n) is 3.52. The van der Waals surface area contributed by atoms with E-state index in [-0.39, 0.29) is 6.10 Å². The van der Waals surface area contributed by atoms with Crippen molar-refractivity contribution in [3.63, 3.8) is 0 Å². The zero-order valence-corrected chi connectivity index (χ0v) is 8.27. The molecule has 2 rings (SSSR count). The van der Waals surface area contributed by atoms with E-state index in [2.05, 4.69) is 9.97 Å². The van der Waals surface area contributed by atoms with Gasteiger partial charge in [-0.15, -0.1) is 0 Å². The molecule has 0 unspecified atom stereocenters. The molecular formula is C9H13FN4O. The summed E-state index contributed by atoms with van der Waals surface area (Å²) < 4.78 is 12.6. The van der Waals surface area contributed by atoms with Crippen LogP contribution in [0.25, 0.3) is 0 Å². The fraction of sp³-hybridized carbons (Fsp3) is 0.556. The Hall–Kier alpha value is -1.27. The van der Waals surface area contributed by atoms with Crippen molar-refractivity contribution in [2.75, 3.05) is 18.0 Å². The summed E-state index contributed by atoms with van der Waals surface area (Å²) >= 11 is 0. The molecule has 6 heteroatoms. The third-order valence-corrected chi connectivity index (χ3v) is 2.52. The number of hydrogen-bond acceptors (Lipinski definition) is 5. The van der Waals surface area contributed by atoms with Crippen molar-refractivity contribution in [1.29, 1.82) is 0 Å². The summed E-state index contributed by atoms with van der Waals surface area (Å²) in [4.78, 5) is 14.6. The van der Waals surface area contributed by atoms with Crippen molar-refractivity contribution < 1.29 is 9.23 Å². The van der Waals surface area contributed by atoms with E-state index in [1.165, 1.54) is 12.4 Å². The van der Waals surface area contributed by atoms with E-state index in [0.717, 1.165) is 25.9 Å². The molecule has 1 aliphatic rings. The van der Waals surface area contributed by atoms with Gasteiger partial charge in [-0.05, 0) is 12.8 Å². The first-order valence-corrected chi connectivity index (χ1v) is 4.87. The van der Waals surface area contributed by atoms with Gasteiger partial charge < -0.3 is 9.74 Å². The maximum atomic E-state index is 12.6. The molecule has 5 nitrogen and oxygen atoms in total. The van der Waals surface area contributed by atoms with Gasteiger partial charge in [0, 0.05) is 13.1 Å². The Balaban J connectivity index is 1.98. The molecule has 0 bridgehead atoms. The molecule has 1 aromatic heterocycles. The first-order chi connectivity index (χ1) is 7.29. The van der Waals surface area contributed by atoms with Gasteiger partial charge in [0.05, 0.1) is 18.5 Å². The zero-order chi connectivity index (χ0) is 10.7. The normalized spacial score (nSPS) is 18.1. The molecule has 1 fully saturated rings. The van der Waals surface area contributed by atoms with Gasteiger partial charge in [-0.3, -0.25) is 0 Å². The topological polar surface area (TPSA) is 64.3 Å². The average Bonchev–Trinajstić information content (AvgIpc) is 2.30. The minimum Gasteiger partial charge on any atom is -0.341 e. The maximum Gasteiger partial charge on any atom is 0.225 e. The Bertz CT molecular complexity index is 310. The van der Waals surface area contributed by atoms with Gasteiger partial charge in [-0.25, -0.2) is 20.3 Å². The van der Waals surface area contributed by atoms with Crippen molar-refractivity contribution in [2.24, 2.45) is 5.90 Å². The van der Waals surface area contributed by atoms with Crippen LogP contribution < -0.4 is 10.8 Å². The molecular weight excluding hydrogens is 199 g/mol. The van der Waals surface area contributed by atoms with E-state index >= 15 is 0 Å². The first-order valence-electron chi connectivity index (χ1n) is 4.87. The van der Waals surface area contributed by atoms with E-state index < -0.39 is 5.82 Å². The largest absolute Gasteiger partial charge is 0.341 e. The third-order valence-electron chi connectivity index (χ3n) is 2.52. The standard InChI is InChI=1S/C9H13FN4O/c10-7-5-12-9(13-6-7)14-3-1-8(15-11)2-4-14/h5-6,8H,1-4,11H2. The third kappa shape index (κ3) is 2.40. The molecule has 15 heavy (non-hydrogen) atoms. The number of hydrogen-bond donors (Lipinski definition) is 1. The highest BCUT2D eigenvalue weighted by atomic mass is 19.1. The smallest absolute Gasteiger partial charge is 0.225 e. The summed E-state index contributed by atoms with van der Waals surface area (Å²) in [6.07, 6.45) is 4.15. The SMILES string of the molecule is NOC1CCN(c2ncc(F)cn2)CC1. The molecule has 0 aromatic carbocycles. The predicted molar refractivity (Wildman–Crippen MR) is 52.5 cm³/mol. The summed E-state index contributed by atoms with van der Waals surface area (Å²) in [5.41, 5.74) is 0. The Morgan fingerprint density at radius 3 is 2.47 bits per heavy atom. The van der Waals surface area contributed by atoms with E-state index in [1.54, 1.807) is 0 Å². The molecule has 0 spiro atoms. The van der Waals surface area contributed by atoms with Crippen LogP contribution in [0.3, 0.4) is 0 Å². The Morgan fingerprint density at radius 1 is 1.33 bits per heavy atom. The lowest BCUT2D eigenvalue weighted by Crippen LogP contribution is -2.38. The molecule has 0 radical (unpaired) electrons.